The Labute approximate surface area is 67.7 Å². The smallest absolute Gasteiger partial charge is 0.0627 e. The molecule has 3 heteroatoms. The Hall–Kier alpha value is -0.830. The van der Waals surface area contributed by atoms with E-state index in [4.69, 9.17) is 11.1 Å². The number of nitrogens with two attached hydrogens (primary N) is 1. The third kappa shape index (κ3) is 1.36. The van der Waals surface area contributed by atoms with Crippen LogP contribution in [-0.4, -0.2) is 5.71 Å². The lowest BCUT2D eigenvalue weighted by Crippen LogP contribution is -2.01. The highest BCUT2D eigenvalue weighted by molar-refractivity contribution is 9.11. The molecule has 0 amide bonds. The van der Waals surface area contributed by atoms with Crippen LogP contribution in [0.3, 0.4) is 0 Å². The van der Waals surface area contributed by atoms with Gasteiger partial charge in [0.25, 0.3) is 0 Å². The van der Waals surface area contributed by atoms with Gasteiger partial charge in [0.05, 0.1) is 5.71 Å². The largest absolute Gasteiger partial charge is 0.404 e. The van der Waals surface area contributed by atoms with Gasteiger partial charge < -0.3 is 11.1 Å². The fraction of sp³-hybridized carbons (Fsp3) is 0. The first-order chi connectivity index (χ1) is 4.74. The van der Waals surface area contributed by atoms with Gasteiger partial charge in [-0.15, -0.1) is 0 Å². The zero-order chi connectivity index (χ0) is 7.56. The second-order valence-corrected chi connectivity index (χ2v) is 2.81. The predicted molar refractivity (Wildman–Crippen MR) is 46.1 cm³/mol. The van der Waals surface area contributed by atoms with E-state index in [1.54, 1.807) is 6.08 Å². The third-order valence-corrected chi connectivity index (χ3v) is 1.69. The highest BCUT2D eigenvalue weighted by atomic mass is 79.9. The predicted octanol–water partition coefficient (Wildman–Crippen LogP) is 1.70. The molecular weight excluding hydrogens is 192 g/mol. The number of hydrogen-bond acceptors (Lipinski definition) is 2. The van der Waals surface area contributed by atoms with Gasteiger partial charge in [-0.3, -0.25) is 0 Å². The molecule has 1 aliphatic carbocycles. The average molecular weight is 199 g/mol. The molecule has 3 N–H and O–H groups in total. The molecule has 0 saturated carbocycles. The lowest BCUT2D eigenvalue weighted by atomic mass is 10.1. The first-order valence-corrected chi connectivity index (χ1v) is 3.59. The van der Waals surface area contributed by atoms with Crippen LogP contribution in [0.5, 0.6) is 0 Å². The van der Waals surface area contributed by atoms with Crippen LogP contribution in [0.15, 0.2) is 34.5 Å². The monoisotopic (exact) mass is 198 g/mol. The Balaban J connectivity index is 2.99. The molecule has 0 spiro atoms. The zero-order valence-electron chi connectivity index (χ0n) is 5.26. The van der Waals surface area contributed by atoms with Gasteiger partial charge in [-0.05, 0) is 18.2 Å². The minimum atomic E-state index is 0.450. The van der Waals surface area contributed by atoms with Crippen molar-refractivity contribution in [2.75, 3.05) is 0 Å². The summed E-state index contributed by atoms with van der Waals surface area (Å²) in [5.41, 5.74) is 6.45. The van der Waals surface area contributed by atoms with Gasteiger partial charge in [-0.2, -0.15) is 0 Å². The van der Waals surface area contributed by atoms with Crippen LogP contribution in [0.4, 0.5) is 0 Å². The molecule has 0 atom stereocenters. The molecule has 0 bridgehead atoms. The van der Waals surface area contributed by atoms with Gasteiger partial charge in [-0.1, -0.05) is 15.9 Å². The van der Waals surface area contributed by atoms with Crippen molar-refractivity contribution in [3.63, 3.8) is 0 Å². The Kier molecular flexibility index (Phi) is 2.06. The highest BCUT2D eigenvalue weighted by Gasteiger charge is 2.02. The topological polar surface area (TPSA) is 49.9 Å². The minimum absolute atomic E-state index is 0.450. The van der Waals surface area contributed by atoms with Crippen molar-refractivity contribution in [1.29, 1.82) is 5.41 Å². The molecule has 0 aliphatic heterocycles. The molecule has 0 saturated heterocycles. The van der Waals surface area contributed by atoms with Gasteiger partial charge in [0.2, 0.25) is 0 Å². The summed E-state index contributed by atoms with van der Waals surface area (Å²) in [6, 6.07) is 0. The lowest BCUT2D eigenvalue weighted by Gasteiger charge is -2.03. The van der Waals surface area contributed by atoms with Crippen LogP contribution >= 0.6 is 15.9 Å². The van der Waals surface area contributed by atoms with E-state index in [0.29, 0.717) is 5.71 Å². The van der Waals surface area contributed by atoms with E-state index in [1.807, 2.05) is 12.2 Å². The molecule has 0 aromatic rings. The van der Waals surface area contributed by atoms with Crippen molar-refractivity contribution in [3.8, 4) is 0 Å². The zero-order valence-corrected chi connectivity index (χ0v) is 6.85. The lowest BCUT2D eigenvalue weighted by molar-refractivity contribution is 1.46. The van der Waals surface area contributed by atoms with Crippen LogP contribution in [0.2, 0.25) is 0 Å². The number of hydrogen-bond donors (Lipinski definition) is 2. The molecule has 2 nitrogen and oxygen atoms in total. The fourth-order valence-electron chi connectivity index (χ4n) is 0.671. The van der Waals surface area contributed by atoms with E-state index in [0.717, 1.165) is 10.1 Å². The summed E-state index contributed by atoms with van der Waals surface area (Å²) in [5.74, 6) is 0. The first-order valence-electron chi connectivity index (χ1n) is 2.80. The van der Waals surface area contributed by atoms with Gasteiger partial charge in [-0.25, -0.2) is 0 Å². The van der Waals surface area contributed by atoms with Gasteiger partial charge >= 0.3 is 0 Å². The maximum absolute atomic E-state index is 7.34. The molecule has 0 fully saturated rings. The minimum Gasteiger partial charge on any atom is -0.404 e. The van der Waals surface area contributed by atoms with Crippen molar-refractivity contribution in [1.82, 2.24) is 0 Å². The molecule has 1 rings (SSSR count). The van der Waals surface area contributed by atoms with Crippen molar-refractivity contribution >= 4 is 21.6 Å². The standard InChI is InChI=1S/C7H7BrN2/c8-6-1-2-7(10)5(3-6)4-9/h1-4,10H,9H2/b5-4-,10-7?. The fourth-order valence-corrected chi connectivity index (χ4v) is 1.05. The summed E-state index contributed by atoms with van der Waals surface area (Å²) in [6.07, 6.45) is 6.74. The summed E-state index contributed by atoms with van der Waals surface area (Å²) in [4.78, 5) is 0. The summed E-state index contributed by atoms with van der Waals surface area (Å²) in [7, 11) is 0. The number of halogens is 1. The summed E-state index contributed by atoms with van der Waals surface area (Å²) >= 11 is 3.28. The Morgan fingerprint density at radius 1 is 1.50 bits per heavy atom. The summed E-state index contributed by atoms with van der Waals surface area (Å²) in [5, 5.41) is 7.34. The molecule has 10 heavy (non-hydrogen) atoms. The van der Waals surface area contributed by atoms with E-state index >= 15 is 0 Å². The van der Waals surface area contributed by atoms with Crippen LogP contribution in [0.25, 0.3) is 0 Å². The average Bonchev–Trinajstić information content (AvgIpc) is 1.94. The quantitative estimate of drug-likeness (QED) is 0.612. The molecule has 0 unspecified atom stereocenters. The van der Waals surface area contributed by atoms with E-state index in [1.165, 1.54) is 6.20 Å². The Bertz CT molecular complexity index is 248. The van der Waals surface area contributed by atoms with Gasteiger partial charge in [0.15, 0.2) is 0 Å². The molecule has 0 radical (unpaired) electrons. The van der Waals surface area contributed by atoms with Crippen LogP contribution < -0.4 is 5.73 Å². The van der Waals surface area contributed by atoms with Crippen LogP contribution in [0.1, 0.15) is 0 Å². The van der Waals surface area contributed by atoms with E-state index in [2.05, 4.69) is 15.9 Å². The number of allylic oxidation sites excluding steroid dienone is 5. The molecule has 0 aromatic carbocycles. The van der Waals surface area contributed by atoms with Crippen molar-refractivity contribution in [2.24, 2.45) is 5.73 Å². The number of rotatable bonds is 0. The molecule has 52 valence electrons. The first kappa shape index (κ1) is 7.28. The van der Waals surface area contributed by atoms with E-state index in [-0.39, 0.29) is 0 Å². The molecule has 0 aromatic heterocycles. The second kappa shape index (κ2) is 2.84. The third-order valence-electron chi connectivity index (χ3n) is 1.19. The second-order valence-electron chi connectivity index (χ2n) is 1.90. The molecule has 0 heterocycles. The van der Waals surface area contributed by atoms with E-state index in [9.17, 15) is 0 Å². The van der Waals surface area contributed by atoms with E-state index < -0.39 is 0 Å². The van der Waals surface area contributed by atoms with Crippen molar-refractivity contribution in [2.45, 2.75) is 0 Å². The van der Waals surface area contributed by atoms with Crippen LogP contribution in [0, 0.1) is 5.41 Å². The van der Waals surface area contributed by atoms with Gasteiger partial charge in [0.1, 0.15) is 0 Å². The Morgan fingerprint density at radius 2 is 2.20 bits per heavy atom. The SMILES string of the molecule is N=C1C=CC(Br)=C/C1=C/N. The Morgan fingerprint density at radius 3 is 2.70 bits per heavy atom. The highest BCUT2D eigenvalue weighted by Crippen LogP contribution is 2.16. The number of nitrogens with one attached hydrogen (secondary N) is 1. The van der Waals surface area contributed by atoms with Crippen molar-refractivity contribution in [3.05, 3.63) is 34.5 Å². The normalized spacial score (nSPS) is 21.5. The molecular formula is C7H7BrN2. The van der Waals surface area contributed by atoms with Gasteiger partial charge in [0, 0.05) is 16.3 Å². The van der Waals surface area contributed by atoms with Crippen molar-refractivity contribution < 1.29 is 0 Å². The van der Waals surface area contributed by atoms with Crippen LogP contribution in [-0.2, 0) is 0 Å². The maximum Gasteiger partial charge on any atom is 0.0627 e. The summed E-state index contributed by atoms with van der Waals surface area (Å²) < 4.78 is 0.945. The molecule has 1 aliphatic rings. The maximum atomic E-state index is 7.34. The summed E-state index contributed by atoms with van der Waals surface area (Å²) in [6.45, 7) is 0.